The first-order valence-electron chi connectivity index (χ1n) is 13.3. The van der Waals surface area contributed by atoms with E-state index in [0.29, 0.717) is 47.5 Å². The van der Waals surface area contributed by atoms with Crippen LogP contribution in [-0.4, -0.2) is 43.1 Å². The minimum absolute atomic E-state index is 0.00508. The van der Waals surface area contributed by atoms with Crippen molar-refractivity contribution in [2.45, 2.75) is 25.1 Å². The molecule has 222 valence electrons. The second kappa shape index (κ2) is 16.5. The summed E-state index contributed by atoms with van der Waals surface area (Å²) in [6.45, 7) is 1.73. The summed E-state index contributed by atoms with van der Waals surface area (Å²) in [7, 11) is 1.00. The molecular formula is C33H32BrClF3NO3. The number of carbonyl (C=O) groups is 1. The monoisotopic (exact) mass is 661 g/mol. The smallest absolute Gasteiger partial charge is 0.417 e. The number of aliphatic hydroxyl groups is 1. The second-order valence-electron chi connectivity index (χ2n) is 9.39. The molecule has 0 heterocycles. The zero-order chi connectivity index (χ0) is 30.5. The minimum atomic E-state index is -4.53. The molecule has 0 radical (unpaired) electrons. The molecule has 1 N–H and O–H groups in total. The summed E-state index contributed by atoms with van der Waals surface area (Å²) in [4.78, 5) is 13.4. The maximum Gasteiger partial charge on any atom is 0.417 e. The average molecular weight is 663 g/mol. The summed E-state index contributed by atoms with van der Waals surface area (Å²) < 4.78 is 47.3. The van der Waals surface area contributed by atoms with Crippen molar-refractivity contribution in [2.75, 3.05) is 26.8 Å². The number of carbonyl (C=O) groups excluding carboxylic acids is 1. The van der Waals surface area contributed by atoms with E-state index in [1.807, 2.05) is 36.4 Å². The van der Waals surface area contributed by atoms with Crippen molar-refractivity contribution in [3.8, 4) is 5.75 Å². The summed E-state index contributed by atoms with van der Waals surface area (Å²) in [6, 6.07) is 29.4. The largest absolute Gasteiger partial charge is 0.494 e. The van der Waals surface area contributed by atoms with Gasteiger partial charge in [-0.25, -0.2) is 0 Å². The van der Waals surface area contributed by atoms with Gasteiger partial charge in [-0.1, -0.05) is 100 Å². The van der Waals surface area contributed by atoms with Gasteiger partial charge in [0, 0.05) is 42.7 Å². The highest BCUT2D eigenvalue weighted by atomic mass is 79.9. The highest BCUT2D eigenvalue weighted by molar-refractivity contribution is 9.10. The van der Waals surface area contributed by atoms with Gasteiger partial charge in [0.2, 0.25) is 0 Å². The summed E-state index contributed by atoms with van der Waals surface area (Å²) in [5.41, 5.74) is 2.30. The number of hydrogen-bond acceptors (Lipinski definition) is 4. The number of aldehydes is 1. The van der Waals surface area contributed by atoms with Gasteiger partial charge in [-0.3, -0.25) is 9.69 Å². The van der Waals surface area contributed by atoms with Gasteiger partial charge in [0.05, 0.1) is 17.2 Å². The molecule has 42 heavy (non-hydrogen) atoms. The molecule has 0 atom stereocenters. The number of rotatable bonds is 12. The molecule has 0 aliphatic heterocycles. The van der Waals surface area contributed by atoms with Gasteiger partial charge in [-0.2, -0.15) is 13.2 Å². The molecule has 0 unspecified atom stereocenters. The van der Waals surface area contributed by atoms with E-state index in [9.17, 15) is 18.0 Å². The first-order chi connectivity index (χ1) is 20.3. The number of alkyl halides is 3. The fraction of sp³-hybridized carbons (Fsp3) is 0.242. The van der Waals surface area contributed by atoms with Crippen LogP contribution in [0.1, 0.15) is 45.0 Å². The van der Waals surface area contributed by atoms with Crippen LogP contribution in [0.2, 0.25) is 5.02 Å². The Hall–Kier alpha value is -3.17. The van der Waals surface area contributed by atoms with Crippen molar-refractivity contribution in [1.29, 1.82) is 0 Å². The van der Waals surface area contributed by atoms with E-state index >= 15 is 0 Å². The zero-order valence-electron chi connectivity index (χ0n) is 23.0. The van der Waals surface area contributed by atoms with Crippen LogP contribution in [-0.2, 0) is 12.7 Å². The van der Waals surface area contributed by atoms with Gasteiger partial charge >= 0.3 is 6.18 Å². The van der Waals surface area contributed by atoms with Crippen LogP contribution in [0, 0.1) is 0 Å². The van der Waals surface area contributed by atoms with Crippen LogP contribution >= 0.6 is 27.5 Å². The highest BCUT2D eigenvalue weighted by Crippen LogP contribution is 2.37. The Morgan fingerprint density at radius 3 is 2.12 bits per heavy atom. The Morgan fingerprint density at radius 2 is 1.55 bits per heavy atom. The highest BCUT2D eigenvalue weighted by Gasteiger charge is 2.34. The van der Waals surface area contributed by atoms with Crippen molar-refractivity contribution >= 4 is 33.8 Å². The molecule has 0 spiro atoms. The Kier molecular flexibility index (Phi) is 13.1. The average Bonchev–Trinajstić information content (AvgIpc) is 3.00. The van der Waals surface area contributed by atoms with Gasteiger partial charge < -0.3 is 9.84 Å². The predicted molar refractivity (Wildman–Crippen MR) is 164 cm³/mol. The van der Waals surface area contributed by atoms with E-state index in [1.54, 1.807) is 24.3 Å². The lowest BCUT2D eigenvalue weighted by molar-refractivity contribution is -0.137. The first-order valence-corrected chi connectivity index (χ1v) is 14.4. The number of ether oxygens (including phenoxy) is 1. The van der Waals surface area contributed by atoms with Crippen molar-refractivity contribution in [3.05, 3.63) is 134 Å². The molecule has 0 bridgehead atoms. The second-order valence-corrected chi connectivity index (χ2v) is 10.6. The molecule has 4 aromatic rings. The summed E-state index contributed by atoms with van der Waals surface area (Å²) >= 11 is 9.62. The number of halogens is 5. The van der Waals surface area contributed by atoms with Crippen LogP contribution < -0.4 is 4.74 Å². The Balaban J connectivity index is 0.00000237. The maximum atomic E-state index is 13.6. The third kappa shape index (κ3) is 9.42. The van der Waals surface area contributed by atoms with E-state index in [-0.39, 0.29) is 17.5 Å². The van der Waals surface area contributed by atoms with Crippen molar-refractivity contribution < 1.29 is 27.8 Å². The molecule has 4 rings (SSSR count). The lowest BCUT2D eigenvalue weighted by Crippen LogP contribution is -2.31. The van der Waals surface area contributed by atoms with Crippen LogP contribution in [0.4, 0.5) is 13.2 Å². The molecule has 0 amide bonds. The molecule has 0 aliphatic rings. The lowest BCUT2D eigenvalue weighted by atomic mass is 9.90. The van der Waals surface area contributed by atoms with Crippen LogP contribution in [0.25, 0.3) is 0 Å². The van der Waals surface area contributed by atoms with Gasteiger partial charge in [-0.05, 0) is 47.4 Å². The zero-order valence-corrected chi connectivity index (χ0v) is 25.4. The summed E-state index contributed by atoms with van der Waals surface area (Å²) in [5, 5.41) is 6.73. The van der Waals surface area contributed by atoms with Gasteiger partial charge in [-0.15, -0.1) is 0 Å². The SMILES string of the molecule is CO.O=Cc1cc(OCCCN(Cc2cccc(C(F)(F)F)c2Cl)CC(c2ccccc2)c2ccccc2)ccc1Br. The molecule has 4 nitrogen and oxygen atoms in total. The Morgan fingerprint density at radius 1 is 0.929 bits per heavy atom. The quantitative estimate of drug-likeness (QED) is 0.122. The number of benzene rings is 4. The number of nitrogens with zero attached hydrogens (tertiary/aromatic N) is 1. The molecule has 4 aromatic carbocycles. The summed E-state index contributed by atoms with van der Waals surface area (Å²) in [6.07, 6.45) is -3.17. The number of hydrogen-bond donors (Lipinski definition) is 1. The van der Waals surface area contributed by atoms with Gasteiger partial charge in [0.25, 0.3) is 0 Å². The molecule has 0 saturated heterocycles. The van der Waals surface area contributed by atoms with Crippen LogP contribution in [0.5, 0.6) is 5.75 Å². The minimum Gasteiger partial charge on any atom is -0.494 e. The van der Waals surface area contributed by atoms with Crippen LogP contribution in [0.3, 0.4) is 0 Å². The normalized spacial score (nSPS) is 11.3. The Labute approximate surface area is 257 Å². The molecule has 0 aliphatic carbocycles. The van der Waals surface area contributed by atoms with Crippen molar-refractivity contribution in [3.63, 3.8) is 0 Å². The maximum absolute atomic E-state index is 13.6. The topological polar surface area (TPSA) is 49.8 Å². The third-order valence-electron chi connectivity index (χ3n) is 6.60. The van der Waals surface area contributed by atoms with E-state index in [4.69, 9.17) is 21.4 Å². The molecule has 0 fully saturated rings. The standard InChI is InChI=1S/C32H28BrClF3NO2.CH4O/c33-30-16-15-27(19-26(30)22-39)40-18-8-17-38(20-25-13-7-14-29(31(25)34)32(35,36)37)21-28(23-9-3-1-4-10-23)24-11-5-2-6-12-24;1-2/h1-7,9-16,19,22,28H,8,17-18,20-21H2;2H,1H3. The van der Waals surface area contributed by atoms with Crippen molar-refractivity contribution in [2.24, 2.45) is 0 Å². The van der Waals surface area contributed by atoms with E-state index in [2.05, 4.69) is 45.1 Å². The first kappa shape index (κ1) is 33.3. The van der Waals surface area contributed by atoms with E-state index in [1.165, 1.54) is 6.07 Å². The van der Waals surface area contributed by atoms with Crippen LogP contribution in [0.15, 0.2) is 102 Å². The number of aliphatic hydroxyl groups excluding tert-OH is 1. The third-order valence-corrected chi connectivity index (χ3v) is 7.77. The fourth-order valence-electron chi connectivity index (χ4n) is 4.61. The molecule has 0 aromatic heterocycles. The molecule has 9 heteroatoms. The van der Waals surface area contributed by atoms with Gasteiger partial charge in [0.1, 0.15) is 5.75 Å². The van der Waals surface area contributed by atoms with E-state index in [0.717, 1.165) is 30.6 Å². The van der Waals surface area contributed by atoms with Crippen molar-refractivity contribution in [1.82, 2.24) is 4.90 Å². The molecular weight excluding hydrogens is 631 g/mol. The lowest BCUT2D eigenvalue weighted by Gasteiger charge is -2.29. The van der Waals surface area contributed by atoms with E-state index < -0.39 is 11.7 Å². The predicted octanol–water partition coefficient (Wildman–Crippen LogP) is 8.65. The molecule has 0 saturated carbocycles. The Bertz CT molecular complexity index is 1370. The van der Waals surface area contributed by atoms with Gasteiger partial charge in [0.15, 0.2) is 6.29 Å². The summed E-state index contributed by atoms with van der Waals surface area (Å²) in [5.74, 6) is 0.568. The fourth-order valence-corrected chi connectivity index (χ4v) is 5.24.